The molecule has 0 spiro atoms. The van der Waals surface area contributed by atoms with Crippen molar-refractivity contribution in [1.82, 2.24) is 5.32 Å². The fourth-order valence-electron chi connectivity index (χ4n) is 2.01. The van der Waals surface area contributed by atoms with Crippen LogP contribution in [0.5, 0.6) is 0 Å². The number of carbonyl (C=O) groups is 1. The molecule has 0 aromatic heterocycles. The quantitative estimate of drug-likeness (QED) is 0.848. The van der Waals surface area contributed by atoms with Gasteiger partial charge in [0.1, 0.15) is 0 Å². The molecule has 0 aliphatic heterocycles. The van der Waals surface area contributed by atoms with E-state index in [2.05, 4.69) is 57.3 Å². The SMILES string of the molecule is Cc1ccc(C(C)CNC(=O)[C@@H](N)CC(C)C)cc1.Cl. The van der Waals surface area contributed by atoms with Gasteiger partial charge in [0.05, 0.1) is 6.04 Å². The number of nitrogens with one attached hydrogen (secondary N) is 1. The molecule has 1 amide bonds. The van der Waals surface area contributed by atoms with E-state index >= 15 is 0 Å². The summed E-state index contributed by atoms with van der Waals surface area (Å²) in [5.41, 5.74) is 8.34. The Morgan fingerprint density at radius 3 is 2.25 bits per heavy atom. The lowest BCUT2D eigenvalue weighted by Gasteiger charge is -2.17. The molecule has 114 valence electrons. The summed E-state index contributed by atoms with van der Waals surface area (Å²) in [4.78, 5) is 11.8. The molecule has 0 heterocycles. The second-order valence-electron chi connectivity index (χ2n) is 5.79. The van der Waals surface area contributed by atoms with E-state index in [1.807, 2.05) is 0 Å². The zero-order chi connectivity index (χ0) is 14.4. The molecule has 3 N–H and O–H groups in total. The van der Waals surface area contributed by atoms with Crippen molar-refractivity contribution in [3.63, 3.8) is 0 Å². The van der Waals surface area contributed by atoms with Crippen LogP contribution in [0.4, 0.5) is 0 Å². The molecule has 0 fully saturated rings. The maximum absolute atomic E-state index is 11.8. The average molecular weight is 299 g/mol. The fraction of sp³-hybridized carbons (Fsp3) is 0.562. The van der Waals surface area contributed by atoms with Gasteiger partial charge in [0, 0.05) is 6.54 Å². The average Bonchev–Trinajstić information content (AvgIpc) is 2.35. The first kappa shape index (κ1) is 18.9. The van der Waals surface area contributed by atoms with E-state index in [-0.39, 0.29) is 18.3 Å². The van der Waals surface area contributed by atoms with Gasteiger partial charge in [-0.15, -0.1) is 12.4 Å². The van der Waals surface area contributed by atoms with Gasteiger partial charge in [-0.25, -0.2) is 0 Å². The first-order valence-electron chi connectivity index (χ1n) is 7.00. The summed E-state index contributed by atoms with van der Waals surface area (Å²) in [5.74, 6) is 0.693. The first-order chi connectivity index (χ1) is 8.90. The molecule has 20 heavy (non-hydrogen) atoms. The molecular formula is C16H27ClN2O. The number of amides is 1. The highest BCUT2D eigenvalue weighted by molar-refractivity contribution is 5.85. The van der Waals surface area contributed by atoms with Crippen molar-refractivity contribution < 1.29 is 4.79 Å². The molecule has 0 saturated carbocycles. The smallest absolute Gasteiger partial charge is 0.236 e. The standard InChI is InChI=1S/C16H26N2O.ClH/c1-11(2)9-15(17)16(19)18-10-13(4)14-7-5-12(3)6-8-14;/h5-8,11,13,15H,9-10,17H2,1-4H3,(H,18,19);1H/t13?,15-;/m0./s1. The van der Waals surface area contributed by atoms with Crippen molar-refractivity contribution >= 4 is 18.3 Å². The summed E-state index contributed by atoms with van der Waals surface area (Å²) >= 11 is 0. The summed E-state index contributed by atoms with van der Waals surface area (Å²) < 4.78 is 0. The predicted molar refractivity (Wildman–Crippen MR) is 87.3 cm³/mol. The summed E-state index contributed by atoms with van der Waals surface area (Å²) in [5, 5.41) is 2.94. The Morgan fingerprint density at radius 1 is 1.20 bits per heavy atom. The van der Waals surface area contributed by atoms with Crippen LogP contribution in [0, 0.1) is 12.8 Å². The minimum atomic E-state index is -0.398. The van der Waals surface area contributed by atoms with Crippen molar-refractivity contribution in [1.29, 1.82) is 0 Å². The molecule has 0 bridgehead atoms. The predicted octanol–water partition coefficient (Wildman–Crippen LogP) is 3.01. The van der Waals surface area contributed by atoms with Gasteiger partial charge < -0.3 is 11.1 Å². The maximum atomic E-state index is 11.8. The minimum Gasteiger partial charge on any atom is -0.354 e. The van der Waals surface area contributed by atoms with Gasteiger partial charge in [0.2, 0.25) is 5.91 Å². The Hall–Kier alpha value is -1.06. The van der Waals surface area contributed by atoms with E-state index in [1.165, 1.54) is 11.1 Å². The van der Waals surface area contributed by atoms with Gasteiger partial charge in [-0.2, -0.15) is 0 Å². The van der Waals surface area contributed by atoms with Crippen molar-refractivity contribution in [2.75, 3.05) is 6.54 Å². The fourth-order valence-corrected chi connectivity index (χ4v) is 2.01. The molecule has 0 saturated heterocycles. The van der Waals surface area contributed by atoms with Crippen LogP contribution in [0.2, 0.25) is 0 Å². The van der Waals surface area contributed by atoms with E-state index < -0.39 is 6.04 Å². The van der Waals surface area contributed by atoms with Crippen LogP contribution in [0.15, 0.2) is 24.3 Å². The Balaban J connectivity index is 0.00000361. The Kier molecular flexibility index (Phi) is 8.51. The van der Waals surface area contributed by atoms with E-state index in [9.17, 15) is 4.79 Å². The van der Waals surface area contributed by atoms with E-state index in [0.717, 1.165) is 6.42 Å². The monoisotopic (exact) mass is 298 g/mol. The molecule has 1 unspecified atom stereocenters. The summed E-state index contributed by atoms with van der Waals surface area (Å²) in [6.45, 7) is 8.96. The number of rotatable bonds is 6. The second-order valence-corrected chi connectivity index (χ2v) is 5.79. The van der Waals surface area contributed by atoms with Gasteiger partial charge >= 0.3 is 0 Å². The van der Waals surface area contributed by atoms with Crippen LogP contribution in [-0.4, -0.2) is 18.5 Å². The molecule has 3 nitrogen and oxygen atoms in total. The van der Waals surface area contributed by atoms with Crippen LogP contribution in [0.1, 0.15) is 44.2 Å². The van der Waals surface area contributed by atoms with Crippen molar-refractivity contribution in [3.05, 3.63) is 35.4 Å². The molecule has 0 aliphatic rings. The molecular weight excluding hydrogens is 272 g/mol. The van der Waals surface area contributed by atoms with Crippen LogP contribution in [-0.2, 0) is 4.79 Å². The minimum absolute atomic E-state index is 0. The van der Waals surface area contributed by atoms with Gasteiger partial charge in [-0.05, 0) is 30.7 Å². The van der Waals surface area contributed by atoms with Gasteiger partial charge in [0.25, 0.3) is 0 Å². The third kappa shape index (κ3) is 6.40. The number of benzene rings is 1. The van der Waals surface area contributed by atoms with Gasteiger partial charge in [-0.3, -0.25) is 4.79 Å². The zero-order valence-electron chi connectivity index (χ0n) is 12.8. The lowest BCUT2D eigenvalue weighted by atomic mass is 9.99. The Labute approximate surface area is 128 Å². The highest BCUT2D eigenvalue weighted by Crippen LogP contribution is 2.14. The summed E-state index contributed by atoms with van der Waals surface area (Å²) in [6.07, 6.45) is 0.727. The van der Waals surface area contributed by atoms with Crippen LogP contribution >= 0.6 is 12.4 Å². The zero-order valence-corrected chi connectivity index (χ0v) is 13.7. The summed E-state index contributed by atoms with van der Waals surface area (Å²) in [7, 11) is 0. The van der Waals surface area contributed by atoms with Crippen molar-refractivity contribution in [2.24, 2.45) is 11.7 Å². The van der Waals surface area contributed by atoms with Crippen LogP contribution < -0.4 is 11.1 Å². The number of aryl methyl sites for hydroxylation is 1. The molecule has 1 aromatic carbocycles. The molecule has 2 atom stereocenters. The molecule has 1 aromatic rings. The highest BCUT2D eigenvalue weighted by atomic mass is 35.5. The summed E-state index contributed by atoms with van der Waals surface area (Å²) in [6, 6.07) is 8.02. The molecule has 0 aliphatic carbocycles. The third-order valence-corrected chi connectivity index (χ3v) is 3.29. The van der Waals surface area contributed by atoms with Crippen LogP contribution in [0.25, 0.3) is 0 Å². The van der Waals surface area contributed by atoms with E-state index in [4.69, 9.17) is 5.73 Å². The maximum Gasteiger partial charge on any atom is 0.236 e. The number of hydrogen-bond donors (Lipinski definition) is 2. The third-order valence-electron chi connectivity index (χ3n) is 3.29. The van der Waals surface area contributed by atoms with Crippen LogP contribution in [0.3, 0.4) is 0 Å². The number of halogens is 1. The second kappa shape index (κ2) is 8.98. The van der Waals surface area contributed by atoms with E-state index in [1.54, 1.807) is 0 Å². The first-order valence-corrected chi connectivity index (χ1v) is 7.00. The topological polar surface area (TPSA) is 55.1 Å². The number of hydrogen-bond acceptors (Lipinski definition) is 2. The van der Waals surface area contributed by atoms with Gasteiger partial charge in [0.15, 0.2) is 0 Å². The lowest BCUT2D eigenvalue weighted by Crippen LogP contribution is -2.42. The lowest BCUT2D eigenvalue weighted by molar-refractivity contribution is -0.122. The van der Waals surface area contributed by atoms with Crippen molar-refractivity contribution in [3.8, 4) is 0 Å². The van der Waals surface area contributed by atoms with Crippen molar-refractivity contribution in [2.45, 2.75) is 46.1 Å². The highest BCUT2D eigenvalue weighted by Gasteiger charge is 2.15. The molecule has 4 heteroatoms. The molecule has 0 radical (unpaired) electrons. The Morgan fingerprint density at radius 2 is 1.75 bits per heavy atom. The Bertz CT molecular complexity index is 403. The normalized spacial score (nSPS) is 13.5. The van der Waals surface area contributed by atoms with Gasteiger partial charge in [-0.1, -0.05) is 50.6 Å². The largest absolute Gasteiger partial charge is 0.354 e. The number of carbonyl (C=O) groups excluding carboxylic acids is 1. The molecule has 1 rings (SSSR count). The number of nitrogens with two attached hydrogens (primary N) is 1. The van der Waals surface area contributed by atoms with E-state index in [0.29, 0.717) is 18.4 Å².